The van der Waals surface area contributed by atoms with E-state index in [1.807, 2.05) is 0 Å². The fourth-order valence-corrected chi connectivity index (χ4v) is 5.98. The number of nitrogens with one attached hydrogen (secondary N) is 1. The van der Waals surface area contributed by atoms with Crippen molar-refractivity contribution >= 4 is 45.8 Å². The zero-order valence-electron chi connectivity index (χ0n) is 22.8. The first kappa shape index (κ1) is 32.2. The molecule has 0 radical (unpaired) electrons. The maximum absolute atomic E-state index is 14.5. The third kappa shape index (κ3) is 6.73. The van der Waals surface area contributed by atoms with E-state index in [1.165, 1.54) is 36.9 Å². The molecule has 1 amide bonds. The molecular weight excluding hydrogens is 653 g/mol. The zero-order valence-corrected chi connectivity index (χ0v) is 24.4. The van der Waals surface area contributed by atoms with Gasteiger partial charge in [0.25, 0.3) is 5.91 Å². The standard InChI is InChI=1S/C29H20ClF7N4O3S/c1-44-26(43)19-12-41(11-18(19)14-5-7-16(8-6-14)28(32,33)34)24-21(30)9-15(10-38-24)25(42)40-27-39-22(13-45-27)17-3-2-4-20(23(17)31)29(35,36)37/h2-10,13,18-19H,11-12H2,1H3,(H,39,40,42). The number of thiazole rings is 1. The van der Waals surface area contributed by atoms with Crippen molar-refractivity contribution in [3.8, 4) is 11.3 Å². The largest absolute Gasteiger partial charge is 0.469 e. The van der Waals surface area contributed by atoms with Crippen molar-refractivity contribution in [1.29, 1.82) is 0 Å². The average molecular weight is 673 g/mol. The quantitative estimate of drug-likeness (QED) is 0.167. The third-order valence-electron chi connectivity index (χ3n) is 7.18. The minimum atomic E-state index is -4.90. The van der Waals surface area contributed by atoms with Crippen molar-refractivity contribution in [2.75, 3.05) is 30.4 Å². The van der Waals surface area contributed by atoms with Crippen molar-refractivity contribution < 1.29 is 45.1 Å². The number of hydrogen-bond acceptors (Lipinski definition) is 7. The molecular formula is C29H20ClF7N4O3S. The molecule has 0 saturated carbocycles. The van der Waals surface area contributed by atoms with Gasteiger partial charge in [-0.15, -0.1) is 11.3 Å². The van der Waals surface area contributed by atoms with Gasteiger partial charge in [0.1, 0.15) is 11.6 Å². The summed E-state index contributed by atoms with van der Waals surface area (Å²) in [5, 5.41) is 3.78. The van der Waals surface area contributed by atoms with Gasteiger partial charge in [0.2, 0.25) is 0 Å². The van der Waals surface area contributed by atoms with Crippen LogP contribution in [0, 0.1) is 11.7 Å². The second kappa shape index (κ2) is 12.3. The first-order valence-corrected chi connectivity index (χ1v) is 14.2. The maximum Gasteiger partial charge on any atom is 0.419 e. The lowest BCUT2D eigenvalue weighted by molar-refractivity contribution is -0.145. The summed E-state index contributed by atoms with van der Waals surface area (Å²) in [6.45, 7) is 0.252. The highest BCUT2D eigenvalue weighted by Gasteiger charge is 2.41. The van der Waals surface area contributed by atoms with E-state index < -0.39 is 53.0 Å². The van der Waals surface area contributed by atoms with Gasteiger partial charge in [0.15, 0.2) is 5.13 Å². The van der Waals surface area contributed by atoms with Crippen LogP contribution in [-0.4, -0.2) is 42.0 Å². The topological polar surface area (TPSA) is 84.4 Å². The first-order valence-electron chi connectivity index (χ1n) is 13.0. The molecule has 7 nitrogen and oxygen atoms in total. The third-order valence-corrected chi connectivity index (χ3v) is 8.21. The van der Waals surface area contributed by atoms with Crippen molar-refractivity contribution in [1.82, 2.24) is 9.97 Å². The van der Waals surface area contributed by atoms with E-state index in [9.17, 15) is 40.3 Å². The van der Waals surface area contributed by atoms with Gasteiger partial charge >= 0.3 is 18.3 Å². The number of carbonyl (C=O) groups is 2. The van der Waals surface area contributed by atoms with Crippen molar-refractivity contribution in [2.45, 2.75) is 18.3 Å². The number of nitrogens with zero attached hydrogens (tertiary/aromatic N) is 3. The lowest BCUT2D eigenvalue weighted by Gasteiger charge is -2.19. The molecule has 2 unspecified atom stereocenters. The molecule has 45 heavy (non-hydrogen) atoms. The van der Waals surface area contributed by atoms with Gasteiger partial charge in [0.05, 0.1) is 40.4 Å². The van der Waals surface area contributed by atoms with Gasteiger partial charge in [-0.1, -0.05) is 29.8 Å². The molecule has 1 N–H and O–H groups in total. The molecule has 0 bridgehead atoms. The average Bonchev–Trinajstić information content (AvgIpc) is 3.63. The zero-order chi connectivity index (χ0) is 32.7. The first-order chi connectivity index (χ1) is 21.2. The minimum absolute atomic E-state index is 0.00578. The van der Waals surface area contributed by atoms with Crippen LogP contribution >= 0.6 is 22.9 Å². The summed E-state index contributed by atoms with van der Waals surface area (Å²) in [6.07, 6.45) is -8.21. The normalized spacial score (nSPS) is 17.0. The summed E-state index contributed by atoms with van der Waals surface area (Å²) in [5.74, 6) is -3.83. The highest BCUT2D eigenvalue weighted by molar-refractivity contribution is 7.14. The van der Waals surface area contributed by atoms with Gasteiger partial charge in [0, 0.05) is 36.1 Å². The molecule has 1 aliphatic rings. The molecule has 2 aromatic carbocycles. The van der Waals surface area contributed by atoms with Crippen LogP contribution in [0.3, 0.4) is 0 Å². The molecule has 0 aliphatic carbocycles. The molecule has 1 aliphatic heterocycles. The SMILES string of the molecule is COC(=O)C1CN(c2ncc(C(=O)Nc3nc(-c4cccc(C(F)(F)F)c4F)cs3)cc2Cl)CC1c1ccc(C(F)(F)F)cc1. The molecule has 4 aromatic rings. The van der Waals surface area contributed by atoms with Gasteiger partial charge in [-0.2, -0.15) is 26.3 Å². The van der Waals surface area contributed by atoms with E-state index in [4.69, 9.17) is 16.3 Å². The summed E-state index contributed by atoms with van der Waals surface area (Å²) in [4.78, 5) is 35.4. The van der Waals surface area contributed by atoms with E-state index in [0.29, 0.717) is 11.6 Å². The number of methoxy groups -OCH3 is 1. The van der Waals surface area contributed by atoms with Crippen LogP contribution in [0.2, 0.25) is 5.02 Å². The Morgan fingerprint density at radius 1 is 1.04 bits per heavy atom. The van der Waals surface area contributed by atoms with Crippen molar-refractivity contribution in [2.24, 2.45) is 5.92 Å². The van der Waals surface area contributed by atoms with Crippen LogP contribution in [0.5, 0.6) is 0 Å². The number of hydrogen-bond donors (Lipinski definition) is 1. The van der Waals surface area contributed by atoms with Crippen LogP contribution in [0.25, 0.3) is 11.3 Å². The Balaban J connectivity index is 1.32. The van der Waals surface area contributed by atoms with E-state index in [1.54, 1.807) is 4.90 Å². The number of anilines is 2. The number of rotatable bonds is 6. The summed E-state index contributed by atoms with van der Waals surface area (Å²) >= 11 is 7.33. The minimum Gasteiger partial charge on any atom is -0.469 e. The highest BCUT2D eigenvalue weighted by Crippen LogP contribution is 2.40. The summed E-state index contributed by atoms with van der Waals surface area (Å²) in [5.41, 5.74) is -2.29. The molecule has 5 rings (SSSR count). The van der Waals surface area contributed by atoms with Crippen LogP contribution in [0.1, 0.15) is 33.0 Å². The number of halogens is 8. The van der Waals surface area contributed by atoms with E-state index in [0.717, 1.165) is 35.6 Å². The predicted molar refractivity (Wildman–Crippen MR) is 152 cm³/mol. The van der Waals surface area contributed by atoms with Gasteiger partial charge < -0.3 is 9.64 Å². The van der Waals surface area contributed by atoms with Crippen molar-refractivity contribution in [3.05, 3.63) is 93.2 Å². The van der Waals surface area contributed by atoms with Crippen LogP contribution < -0.4 is 10.2 Å². The molecule has 1 fully saturated rings. The van der Waals surface area contributed by atoms with Gasteiger partial charge in [-0.05, 0) is 35.9 Å². The van der Waals surface area contributed by atoms with Crippen molar-refractivity contribution in [3.63, 3.8) is 0 Å². The Bertz CT molecular complexity index is 1750. The summed E-state index contributed by atoms with van der Waals surface area (Å²) < 4.78 is 97.9. The Morgan fingerprint density at radius 3 is 2.38 bits per heavy atom. The van der Waals surface area contributed by atoms with E-state index in [-0.39, 0.29) is 45.9 Å². The fourth-order valence-electron chi connectivity index (χ4n) is 4.98. The molecule has 0 spiro atoms. The van der Waals surface area contributed by atoms with Gasteiger partial charge in [-0.3, -0.25) is 14.9 Å². The molecule has 2 atom stereocenters. The Kier molecular flexibility index (Phi) is 8.77. The highest BCUT2D eigenvalue weighted by atomic mass is 35.5. The number of amides is 1. The van der Waals surface area contributed by atoms with Crippen LogP contribution in [0.15, 0.2) is 60.1 Å². The molecule has 2 aromatic heterocycles. The Labute approximate surface area is 259 Å². The van der Waals surface area contributed by atoms with Gasteiger partial charge in [-0.25, -0.2) is 14.4 Å². The number of aromatic nitrogens is 2. The summed E-state index contributed by atoms with van der Waals surface area (Å²) in [7, 11) is 1.20. The summed E-state index contributed by atoms with van der Waals surface area (Å²) in [6, 6.07) is 8.59. The number of alkyl halides is 6. The lowest BCUT2D eigenvalue weighted by atomic mass is 9.88. The molecule has 1 saturated heterocycles. The lowest BCUT2D eigenvalue weighted by Crippen LogP contribution is -2.25. The Morgan fingerprint density at radius 2 is 1.76 bits per heavy atom. The number of carbonyl (C=O) groups excluding carboxylic acids is 2. The second-order valence-electron chi connectivity index (χ2n) is 9.95. The van der Waals surface area contributed by atoms with Crippen LogP contribution in [0.4, 0.5) is 41.7 Å². The second-order valence-corrected chi connectivity index (χ2v) is 11.2. The van der Waals surface area contributed by atoms with E-state index >= 15 is 0 Å². The Hall–Kier alpha value is -4.24. The number of benzene rings is 2. The van der Waals surface area contributed by atoms with E-state index in [2.05, 4.69) is 15.3 Å². The predicted octanol–water partition coefficient (Wildman–Crippen LogP) is 7.68. The maximum atomic E-state index is 14.5. The van der Waals surface area contributed by atoms with Crippen LogP contribution in [-0.2, 0) is 21.9 Å². The fraction of sp³-hybridized carbons (Fsp3) is 0.241. The molecule has 236 valence electrons. The smallest absolute Gasteiger partial charge is 0.419 e. The number of esters is 1. The number of pyridine rings is 1. The monoisotopic (exact) mass is 672 g/mol. The number of ether oxygens (including phenoxy) is 1. The molecule has 3 heterocycles. The molecule has 16 heteroatoms.